The maximum absolute atomic E-state index is 14.1. The van der Waals surface area contributed by atoms with E-state index in [1.54, 1.807) is 12.1 Å². The van der Waals surface area contributed by atoms with E-state index < -0.39 is 0 Å². The number of fused-ring (bicyclic) bond motifs is 1. The Balaban J connectivity index is 0.000000433. The van der Waals surface area contributed by atoms with Gasteiger partial charge in [0.05, 0.1) is 32.0 Å². The lowest BCUT2D eigenvalue weighted by molar-refractivity contribution is -0.0654. The molecule has 0 unspecified atom stereocenters. The number of nitrogens with one attached hydrogen (secondary N) is 2. The highest BCUT2D eigenvalue weighted by molar-refractivity contribution is 5.85. The molecule has 1 saturated carbocycles. The lowest BCUT2D eigenvalue weighted by Gasteiger charge is -2.54. The zero-order valence-electron chi connectivity index (χ0n) is 23.2. The molecule has 0 bridgehead atoms. The number of rotatable bonds is 4. The molecule has 6 nitrogen and oxygen atoms in total. The van der Waals surface area contributed by atoms with Crippen LogP contribution in [0.4, 0.5) is 4.39 Å². The highest BCUT2D eigenvalue weighted by Gasteiger charge is 2.50. The van der Waals surface area contributed by atoms with E-state index in [0.717, 1.165) is 89.2 Å². The number of H-pyrrole nitrogens is 1. The second-order valence-corrected chi connectivity index (χ2v) is 11.1. The second kappa shape index (κ2) is 11.8. The van der Waals surface area contributed by atoms with Gasteiger partial charge in [-0.1, -0.05) is 30.3 Å². The largest absolute Gasteiger partial charge is 0.379 e. The smallest absolute Gasteiger partial charge is 0.123 e. The molecule has 1 aliphatic carbocycles. The molecule has 3 aliphatic rings. The number of hydrogen-bond donors (Lipinski definition) is 2. The van der Waals surface area contributed by atoms with E-state index in [-0.39, 0.29) is 16.9 Å². The Bertz CT molecular complexity index is 1170. The minimum Gasteiger partial charge on any atom is -0.379 e. The van der Waals surface area contributed by atoms with Crippen LogP contribution in [0.5, 0.6) is 0 Å². The van der Waals surface area contributed by atoms with Crippen molar-refractivity contribution in [3.05, 3.63) is 71.2 Å². The molecule has 206 valence electrons. The summed E-state index contributed by atoms with van der Waals surface area (Å²) in [6.45, 7) is 9.40. The van der Waals surface area contributed by atoms with Crippen LogP contribution in [0.25, 0.3) is 10.9 Å². The Morgan fingerprint density at radius 2 is 1.53 bits per heavy atom. The normalized spacial score (nSPS) is 26.8. The van der Waals surface area contributed by atoms with Gasteiger partial charge >= 0.3 is 0 Å². The molecule has 6 rings (SSSR count). The summed E-state index contributed by atoms with van der Waals surface area (Å²) in [5.74, 6) is -0.175. The number of hydrogen-bond acceptors (Lipinski definition) is 5. The first kappa shape index (κ1) is 27.3. The van der Waals surface area contributed by atoms with Crippen LogP contribution in [0.1, 0.15) is 42.5 Å². The highest BCUT2D eigenvalue weighted by atomic mass is 19.1. The van der Waals surface area contributed by atoms with E-state index in [4.69, 9.17) is 9.47 Å². The van der Waals surface area contributed by atoms with Crippen molar-refractivity contribution >= 4 is 10.9 Å². The van der Waals surface area contributed by atoms with Gasteiger partial charge in [0.2, 0.25) is 0 Å². The predicted molar refractivity (Wildman–Crippen MR) is 151 cm³/mol. The SMILES string of the molecule is C1COCCN1.Cc1c(C2(N3CCOCC3)CCC(c3ccccc3)(N(C)C)CC2)[nH]c2ccc(F)cc12. The Labute approximate surface area is 226 Å². The number of aromatic nitrogens is 1. The monoisotopic (exact) mass is 522 g/mol. The Hall–Kier alpha value is -2.29. The Morgan fingerprint density at radius 1 is 0.868 bits per heavy atom. The average Bonchev–Trinajstić information content (AvgIpc) is 3.31. The van der Waals surface area contributed by atoms with Crippen LogP contribution >= 0.6 is 0 Å². The highest BCUT2D eigenvalue weighted by Crippen LogP contribution is 2.52. The van der Waals surface area contributed by atoms with Crippen LogP contribution < -0.4 is 5.32 Å². The number of aromatic amines is 1. The fraction of sp³-hybridized carbons (Fsp3) is 0.548. The van der Waals surface area contributed by atoms with E-state index in [1.807, 2.05) is 6.07 Å². The third kappa shape index (κ3) is 5.27. The van der Waals surface area contributed by atoms with Crippen molar-refractivity contribution in [2.75, 3.05) is 66.7 Å². The van der Waals surface area contributed by atoms with Gasteiger partial charge < -0.3 is 19.8 Å². The number of halogens is 1. The van der Waals surface area contributed by atoms with Gasteiger partial charge in [0.15, 0.2) is 0 Å². The minimum atomic E-state index is -0.175. The zero-order valence-corrected chi connectivity index (χ0v) is 23.2. The van der Waals surface area contributed by atoms with Crippen LogP contribution in [0.2, 0.25) is 0 Å². The topological polar surface area (TPSA) is 52.8 Å². The van der Waals surface area contributed by atoms with E-state index in [1.165, 1.54) is 16.8 Å². The quantitative estimate of drug-likeness (QED) is 0.517. The van der Waals surface area contributed by atoms with Crippen molar-refractivity contribution in [1.82, 2.24) is 20.1 Å². The van der Waals surface area contributed by atoms with Crippen LogP contribution in [0.15, 0.2) is 48.5 Å². The molecule has 2 aromatic carbocycles. The van der Waals surface area contributed by atoms with Gasteiger partial charge in [0, 0.05) is 48.3 Å². The molecule has 3 aromatic rings. The van der Waals surface area contributed by atoms with Gasteiger partial charge in [-0.2, -0.15) is 0 Å². The third-order valence-corrected chi connectivity index (χ3v) is 9.02. The minimum absolute atomic E-state index is 0.0308. The summed E-state index contributed by atoms with van der Waals surface area (Å²) in [5.41, 5.74) is 4.82. The van der Waals surface area contributed by atoms with Gasteiger partial charge in [-0.3, -0.25) is 9.80 Å². The standard InChI is InChI=1S/C27H34FN3O.C4H9NO/c1-20-23-19-22(28)9-10-24(23)29-25(20)27(31-15-17-32-18-16-31)13-11-26(12-14-27,30(2)3)21-7-5-4-6-8-21;1-3-6-4-2-5-1/h4-10,19,29H,11-18H2,1-3H3;5H,1-4H2. The maximum Gasteiger partial charge on any atom is 0.123 e. The van der Waals surface area contributed by atoms with Crippen molar-refractivity contribution in [3.63, 3.8) is 0 Å². The number of benzene rings is 2. The van der Waals surface area contributed by atoms with Crippen LogP contribution in [-0.2, 0) is 20.6 Å². The van der Waals surface area contributed by atoms with Gasteiger partial charge in [0.25, 0.3) is 0 Å². The maximum atomic E-state index is 14.1. The van der Waals surface area contributed by atoms with Crippen molar-refractivity contribution in [3.8, 4) is 0 Å². The molecule has 1 aromatic heterocycles. The molecule has 0 atom stereocenters. The lowest BCUT2D eigenvalue weighted by atomic mass is 9.66. The summed E-state index contributed by atoms with van der Waals surface area (Å²) < 4.78 is 24.8. The molecular weight excluding hydrogens is 479 g/mol. The van der Waals surface area contributed by atoms with Crippen molar-refractivity contribution < 1.29 is 13.9 Å². The number of aryl methyl sites for hydroxylation is 1. The Kier molecular flexibility index (Phi) is 8.50. The van der Waals surface area contributed by atoms with Gasteiger partial charge in [-0.05, 0) is 76.0 Å². The zero-order chi connectivity index (χ0) is 26.6. The Morgan fingerprint density at radius 3 is 2.11 bits per heavy atom. The molecule has 2 N–H and O–H groups in total. The number of morpholine rings is 2. The van der Waals surface area contributed by atoms with Crippen LogP contribution in [-0.4, -0.2) is 81.5 Å². The van der Waals surface area contributed by atoms with E-state index in [9.17, 15) is 4.39 Å². The van der Waals surface area contributed by atoms with Crippen molar-refractivity contribution in [2.24, 2.45) is 0 Å². The summed E-state index contributed by atoms with van der Waals surface area (Å²) in [7, 11) is 4.43. The van der Waals surface area contributed by atoms with E-state index in [2.05, 4.69) is 71.5 Å². The molecule has 0 amide bonds. The molecule has 0 radical (unpaired) electrons. The summed E-state index contributed by atoms with van der Waals surface area (Å²) in [4.78, 5) is 8.78. The van der Waals surface area contributed by atoms with Crippen molar-refractivity contribution in [1.29, 1.82) is 0 Å². The first-order valence-corrected chi connectivity index (χ1v) is 14.1. The molecule has 0 spiro atoms. The third-order valence-electron chi connectivity index (χ3n) is 9.02. The predicted octanol–water partition coefficient (Wildman–Crippen LogP) is 4.78. The summed E-state index contributed by atoms with van der Waals surface area (Å²) >= 11 is 0. The van der Waals surface area contributed by atoms with Gasteiger partial charge in [-0.15, -0.1) is 0 Å². The molecule has 38 heavy (non-hydrogen) atoms. The summed E-state index contributed by atoms with van der Waals surface area (Å²) in [5, 5.41) is 4.16. The summed E-state index contributed by atoms with van der Waals surface area (Å²) in [6, 6.07) is 16.1. The number of ether oxygens (including phenoxy) is 2. The number of nitrogens with zero attached hydrogens (tertiary/aromatic N) is 2. The fourth-order valence-electron chi connectivity index (χ4n) is 6.82. The molecule has 2 aliphatic heterocycles. The second-order valence-electron chi connectivity index (χ2n) is 11.1. The molecule has 2 saturated heterocycles. The van der Waals surface area contributed by atoms with E-state index >= 15 is 0 Å². The van der Waals surface area contributed by atoms with Gasteiger partial charge in [0.1, 0.15) is 5.82 Å². The van der Waals surface area contributed by atoms with Gasteiger partial charge in [-0.25, -0.2) is 4.39 Å². The summed E-state index contributed by atoms with van der Waals surface area (Å²) in [6.07, 6.45) is 4.25. The average molecular weight is 523 g/mol. The first-order valence-electron chi connectivity index (χ1n) is 14.1. The van der Waals surface area contributed by atoms with E-state index in [0.29, 0.717) is 0 Å². The lowest BCUT2D eigenvalue weighted by Crippen LogP contribution is -2.57. The van der Waals surface area contributed by atoms with Crippen LogP contribution in [0.3, 0.4) is 0 Å². The molecule has 7 heteroatoms. The molecule has 3 heterocycles. The van der Waals surface area contributed by atoms with Crippen LogP contribution in [0, 0.1) is 12.7 Å². The first-order chi connectivity index (χ1) is 18.5. The fourth-order valence-corrected chi connectivity index (χ4v) is 6.82. The molecule has 3 fully saturated rings. The van der Waals surface area contributed by atoms with Crippen molar-refractivity contribution in [2.45, 2.75) is 43.7 Å². The molecular formula is C31H43FN4O2.